The van der Waals surface area contributed by atoms with Gasteiger partial charge in [0.2, 0.25) is 0 Å². The molecule has 2 fully saturated rings. The number of hydrogen-bond acceptors (Lipinski definition) is 3. The summed E-state index contributed by atoms with van der Waals surface area (Å²) in [5.74, 6) is 0. The molecule has 0 radical (unpaired) electrons. The zero-order valence-electron chi connectivity index (χ0n) is 14.8. The van der Waals surface area contributed by atoms with E-state index in [-0.39, 0.29) is 0 Å². The fraction of sp³-hybridized carbons (Fsp3) is 1.00. The molecule has 1 aliphatic carbocycles. The molecular formula is C18H37N3. The van der Waals surface area contributed by atoms with E-state index in [2.05, 4.69) is 42.9 Å². The van der Waals surface area contributed by atoms with Gasteiger partial charge in [0.15, 0.2) is 0 Å². The van der Waals surface area contributed by atoms with Crippen LogP contribution in [-0.2, 0) is 0 Å². The van der Waals surface area contributed by atoms with Crippen LogP contribution in [0.3, 0.4) is 0 Å². The van der Waals surface area contributed by atoms with E-state index in [1.165, 1.54) is 64.6 Å². The first-order valence-corrected chi connectivity index (χ1v) is 9.32. The van der Waals surface area contributed by atoms with Gasteiger partial charge in [0, 0.05) is 37.3 Å². The average Bonchev–Trinajstić information content (AvgIpc) is 2.43. The maximum Gasteiger partial charge on any atom is 0.0250 e. The van der Waals surface area contributed by atoms with Crippen LogP contribution in [0.15, 0.2) is 0 Å². The molecule has 124 valence electrons. The predicted octanol–water partition coefficient (Wildman–Crippen LogP) is 3.10. The molecule has 0 aromatic heterocycles. The molecule has 4 atom stereocenters. The third-order valence-corrected chi connectivity index (χ3v) is 5.74. The lowest BCUT2D eigenvalue weighted by Crippen LogP contribution is -2.61. The monoisotopic (exact) mass is 295 g/mol. The van der Waals surface area contributed by atoms with Crippen LogP contribution in [-0.4, -0.2) is 60.6 Å². The van der Waals surface area contributed by atoms with Crippen molar-refractivity contribution in [2.45, 2.75) is 89.9 Å². The molecule has 3 heteroatoms. The third kappa shape index (κ3) is 4.67. The van der Waals surface area contributed by atoms with Gasteiger partial charge in [-0.3, -0.25) is 9.80 Å². The summed E-state index contributed by atoms with van der Waals surface area (Å²) in [6.45, 7) is 10.7. The second-order valence-corrected chi connectivity index (χ2v) is 7.44. The van der Waals surface area contributed by atoms with E-state index in [4.69, 9.17) is 0 Å². The molecule has 4 unspecified atom stereocenters. The Labute approximate surface area is 132 Å². The normalized spacial score (nSPS) is 37.1. The van der Waals surface area contributed by atoms with E-state index in [0.717, 1.165) is 6.04 Å². The van der Waals surface area contributed by atoms with Crippen molar-refractivity contribution in [1.82, 2.24) is 15.1 Å². The molecule has 0 aromatic rings. The lowest BCUT2D eigenvalue weighted by Gasteiger charge is -2.48. The highest BCUT2D eigenvalue weighted by Gasteiger charge is 2.34. The first kappa shape index (κ1) is 17.2. The van der Waals surface area contributed by atoms with Gasteiger partial charge < -0.3 is 5.32 Å². The number of hydrogen-bond donors (Lipinski definition) is 1. The molecule has 1 heterocycles. The Balaban J connectivity index is 2.03. The lowest BCUT2D eigenvalue weighted by atomic mass is 9.89. The molecule has 1 N–H and O–H groups in total. The molecule has 0 amide bonds. The van der Waals surface area contributed by atoms with E-state index in [1.54, 1.807) is 0 Å². The summed E-state index contributed by atoms with van der Waals surface area (Å²) in [5, 5.41) is 3.87. The van der Waals surface area contributed by atoms with Crippen molar-refractivity contribution in [2.24, 2.45) is 0 Å². The van der Waals surface area contributed by atoms with Gasteiger partial charge in [-0.05, 0) is 46.7 Å². The van der Waals surface area contributed by atoms with Crippen molar-refractivity contribution >= 4 is 0 Å². The molecule has 1 saturated carbocycles. The van der Waals surface area contributed by atoms with Gasteiger partial charge in [-0.15, -0.1) is 0 Å². The lowest BCUT2D eigenvalue weighted by molar-refractivity contribution is 0.0164. The minimum atomic E-state index is 0.686. The number of nitrogens with zero attached hydrogens (tertiary/aromatic N) is 2. The van der Waals surface area contributed by atoms with E-state index >= 15 is 0 Å². The van der Waals surface area contributed by atoms with Crippen LogP contribution < -0.4 is 5.32 Å². The zero-order valence-corrected chi connectivity index (χ0v) is 14.8. The molecule has 1 saturated heterocycles. The molecule has 0 spiro atoms. The zero-order chi connectivity index (χ0) is 15.2. The van der Waals surface area contributed by atoms with Crippen LogP contribution in [0.2, 0.25) is 0 Å². The molecule has 2 aliphatic rings. The van der Waals surface area contributed by atoms with E-state index < -0.39 is 0 Å². The van der Waals surface area contributed by atoms with Gasteiger partial charge in [0.1, 0.15) is 0 Å². The van der Waals surface area contributed by atoms with Gasteiger partial charge in [0.05, 0.1) is 0 Å². The Kier molecular flexibility index (Phi) is 6.97. The van der Waals surface area contributed by atoms with Crippen molar-refractivity contribution in [3.8, 4) is 0 Å². The highest BCUT2D eigenvalue weighted by Crippen LogP contribution is 2.25. The van der Waals surface area contributed by atoms with Crippen LogP contribution in [0.25, 0.3) is 0 Å². The van der Waals surface area contributed by atoms with Gasteiger partial charge in [-0.2, -0.15) is 0 Å². The molecule has 3 nitrogen and oxygen atoms in total. The topological polar surface area (TPSA) is 18.5 Å². The molecule has 2 rings (SSSR count). The van der Waals surface area contributed by atoms with Crippen molar-refractivity contribution in [1.29, 1.82) is 0 Å². The smallest absolute Gasteiger partial charge is 0.0250 e. The van der Waals surface area contributed by atoms with Crippen LogP contribution in [0.1, 0.15) is 65.7 Å². The first-order chi connectivity index (χ1) is 10.1. The Morgan fingerprint density at radius 2 is 1.57 bits per heavy atom. The Bertz CT molecular complexity index is 280. The van der Waals surface area contributed by atoms with E-state index in [0.29, 0.717) is 18.1 Å². The predicted molar refractivity (Wildman–Crippen MR) is 91.8 cm³/mol. The van der Waals surface area contributed by atoms with Crippen molar-refractivity contribution in [2.75, 3.05) is 26.7 Å². The molecular weight excluding hydrogens is 258 g/mol. The summed E-state index contributed by atoms with van der Waals surface area (Å²) in [7, 11) is 2.29. The summed E-state index contributed by atoms with van der Waals surface area (Å²) in [6, 6.07) is 2.85. The molecule has 0 bridgehead atoms. The molecule has 21 heavy (non-hydrogen) atoms. The van der Waals surface area contributed by atoms with Crippen LogP contribution in [0.5, 0.6) is 0 Å². The van der Waals surface area contributed by atoms with Crippen LogP contribution in [0, 0.1) is 0 Å². The minimum Gasteiger partial charge on any atom is -0.312 e. The maximum atomic E-state index is 3.87. The molecule has 0 aromatic carbocycles. The number of piperazine rings is 1. The quantitative estimate of drug-likeness (QED) is 0.860. The Morgan fingerprint density at radius 3 is 2.19 bits per heavy atom. The summed E-state index contributed by atoms with van der Waals surface area (Å²) >= 11 is 0. The average molecular weight is 296 g/mol. The van der Waals surface area contributed by atoms with Gasteiger partial charge in [-0.25, -0.2) is 0 Å². The highest BCUT2D eigenvalue weighted by molar-refractivity contribution is 4.92. The Hall–Kier alpha value is -0.120. The fourth-order valence-electron chi connectivity index (χ4n) is 4.19. The number of nitrogens with one attached hydrogen (secondary N) is 1. The van der Waals surface area contributed by atoms with Gasteiger partial charge >= 0.3 is 0 Å². The summed E-state index contributed by atoms with van der Waals surface area (Å²) in [4.78, 5) is 5.36. The minimum absolute atomic E-state index is 0.686. The largest absolute Gasteiger partial charge is 0.312 e. The maximum absolute atomic E-state index is 3.87. The fourth-order valence-corrected chi connectivity index (χ4v) is 4.19. The molecule has 1 aliphatic heterocycles. The summed E-state index contributed by atoms with van der Waals surface area (Å²) in [5.41, 5.74) is 0. The Morgan fingerprint density at radius 1 is 0.952 bits per heavy atom. The van der Waals surface area contributed by atoms with Crippen molar-refractivity contribution < 1.29 is 0 Å². The standard InChI is InChI=1S/C18H37N3/c1-5-12-19-17-10-8-6-7-9-11-18(17)21-13-15(2)20(4)16(3)14-21/h15-19H,5-14H2,1-4H3. The van der Waals surface area contributed by atoms with Crippen LogP contribution >= 0.6 is 0 Å². The first-order valence-electron chi connectivity index (χ1n) is 9.32. The van der Waals surface area contributed by atoms with Crippen molar-refractivity contribution in [3.05, 3.63) is 0 Å². The second kappa shape index (κ2) is 8.50. The second-order valence-electron chi connectivity index (χ2n) is 7.44. The number of likely N-dealkylation sites (N-methyl/N-ethyl adjacent to an activating group) is 1. The van der Waals surface area contributed by atoms with Gasteiger partial charge in [-0.1, -0.05) is 32.6 Å². The van der Waals surface area contributed by atoms with Gasteiger partial charge in [0.25, 0.3) is 0 Å². The summed E-state index contributed by atoms with van der Waals surface area (Å²) in [6.07, 6.45) is 9.73. The third-order valence-electron chi connectivity index (χ3n) is 5.74. The van der Waals surface area contributed by atoms with E-state index in [9.17, 15) is 0 Å². The van der Waals surface area contributed by atoms with E-state index in [1.807, 2.05) is 0 Å². The summed E-state index contributed by atoms with van der Waals surface area (Å²) < 4.78 is 0. The van der Waals surface area contributed by atoms with Crippen molar-refractivity contribution in [3.63, 3.8) is 0 Å². The highest BCUT2D eigenvalue weighted by atomic mass is 15.3. The van der Waals surface area contributed by atoms with Crippen LogP contribution in [0.4, 0.5) is 0 Å². The SMILES string of the molecule is CCCNC1CCCCCCC1N1CC(C)N(C)C(C)C1. The number of rotatable bonds is 4.